The first kappa shape index (κ1) is 36.3. The Hall–Kier alpha value is -5.72. The van der Waals surface area contributed by atoms with E-state index < -0.39 is 0 Å². The zero-order chi connectivity index (χ0) is 32.7. The lowest BCUT2D eigenvalue weighted by atomic mass is 9.99. The van der Waals surface area contributed by atoms with Gasteiger partial charge in [-0.15, -0.1) is 0 Å². The number of rotatable bonds is 16. The minimum absolute atomic E-state index is 0.0989. The molecule has 1 aromatic carbocycles. The molecule has 0 bridgehead atoms. The largest absolute Gasteiger partial charge is 0.398 e. The van der Waals surface area contributed by atoms with E-state index in [1.807, 2.05) is 74.6 Å². The number of nitriles is 2. The van der Waals surface area contributed by atoms with Crippen LogP contribution in [0.25, 0.3) is 0 Å². The molecule has 0 aliphatic carbocycles. The molecule has 0 atom stereocenters. The highest BCUT2D eigenvalue weighted by Gasteiger charge is 2.01. The van der Waals surface area contributed by atoms with Gasteiger partial charge < -0.3 is 22.9 Å². The highest BCUT2D eigenvalue weighted by Crippen LogP contribution is 2.16. The molecular weight excluding hydrogens is 540 g/mol. The lowest BCUT2D eigenvalue weighted by Gasteiger charge is -2.07. The van der Waals surface area contributed by atoms with Crippen molar-refractivity contribution in [2.24, 2.45) is 22.9 Å². The van der Waals surface area contributed by atoms with Gasteiger partial charge >= 0.3 is 0 Å². The monoisotopic (exact) mass is 584 g/mol. The van der Waals surface area contributed by atoms with E-state index in [9.17, 15) is 0 Å². The summed E-state index contributed by atoms with van der Waals surface area (Å²) in [7, 11) is 0. The van der Waals surface area contributed by atoms with E-state index in [4.69, 9.17) is 33.5 Å². The third kappa shape index (κ3) is 13.8. The molecule has 226 valence electrons. The van der Waals surface area contributed by atoms with Gasteiger partial charge in [-0.25, -0.2) is 0 Å². The van der Waals surface area contributed by atoms with Crippen molar-refractivity contribution in [2.45, 2.75) is 39.5 Å². The molecule has 0 aromatic heterocycles. The van der Waals surface area contributed by atoms with Gasteiger partial charge in [0.05, 0.1) is 12.5 Å². The van der Waals surface area contributed by atoms with Crippen molar-refractivity contribution in [3.63, 3.8) is 0 Å². The average molecular weight is 585 g/mol. The molecule has 1 aromatic rings. The lowest BCUT2D eigenvalue weighted by Crippen LogP contribution is -2.02. The summed E-state index contributed by atoms with van der Waals surface area (Å²) >= 11 is 0. The van der Waals surface area contributed by atoms with Crippen LogP contribution in [0.3, 0.4) is 0 Å². The summed E-state index contributed by atoms with van der Waals surface area (Å²) < 4.78 is 0. The van der Waals surface area contributed by atoms with Crippen molar-refractivity contribution in [2.75, 3.05) is 0 Å². The molecule has 0 saturated heterocycles. The van der Waals surface area contributed by atoms with Crippen molar-refractivity contribution in [1.82, 2.24) is 0 Å². The maximum absolute atomic E-state index is 8.94. The average Bonchev–Trinajstić information content (AvgIpc) is 3.02. The third-order valence-corrected chi connectivity index (χ3v) is 6.32. The fourth-order valence-corrected chi connectivity index (χ4v) is 4.02. The summed E-state index contributed by atoms with van der Waals surface area (Å²) in [6.45, 7) is 11.3. The minimum atomic E-state index is 0.0989. The van der Waals surface area contributed by atoms with Gasteiger partial charge in [0.15, 0.2) is 0 Å². The Morgan fingerprint density at radius 1 is 0.682 bits per heavy atom. The normalized spacial score (nSPS) is 14.3. The second-order valence-electron chi connectivity index (χ2n) is 9.55. The van der Waals surface area contributed by atoms with Gasteiger partial charge in [0, 0.05) is 17.1 Å². The SMILES string of the molecule is C=CC(=C\C)/C(N)=C/C=C\Cc1cc(C\C=C/C=C(N)/C(C=C)=C/CC#N)cc(C\C=C/C=C(N)/C(/C=C(\N)C#N)=C/C)c1. The molecule has 6 nitrogen and oxygen atoms in total. The van der Waals surface area contributed by atoms with Crippen LogP contribution in [-0.4, -0.2) is 0 Å². The molecule has 0 saturated carbocycles. The number of nitrogens with zero attached hydrogens (tertiary/aromatic N) is 2. The lowest BCUT2D eigenvalue weighted by molar-refractivity contribution is 1.15. The van der Waals surface area contributed by atoms with Crippen molar-refractivity contribution in [3.8, 4) is 12.1 Å². The summed E-state index contributed by atoms with van der Waals surface area (Å²) in [6, 6.07) is 10.5. The van der Waals surface area contributed by atoms with Gasteiger partial charge in [-0.2, -0.15) is 10.5 Å². The van der Waals surface area contributed by atoms with Gasteiger partial charge in [0.25, 0.3) is 0 Å². The Balaban J connectivity index is 3.23. The quantitative estimate of drug-likeness (QED) is 0.121. The van der Waals surface area contributed by atoms with Crippen LogP contribution >= 0.6 is 0 Å². The number of nitrogens with two attached hydrogens (primary N) is 4. The van der Waals surface area contributed by atoms with E-state index in [1.54, 1.807) is 30.4 Å². The number of benzene rings is 1. The molecule has 8 N–H and O–H groups in total. The highest BCUT2D eigenvalue weighted by atomic mass is 14.6. The molecule has 0 heterocycles. The van der Waals surface area contributed by atoms with E-state index in [1.165, 1.54) is 5.56 Å². The predicted molar refractivity (Wildman–Crippen MR) is 186 cm³/mol. The van der Waals surface area contributed by atoms with E-state index in [2.05, 4.69) is 43.5 Å². The van der Waals surface area contributed by atoms with Crippen molar-refractivity contribution in [1.29, 1.82) is 10.5 Å². The van der Waals surface area contributed by atoms with Crippen LogP contribution in [0, 0.1) is 22.7 Å². The van der Waals surface area contributed by atoms with Crippen LogP contribution in [0.2, 0.25) is 0 Å². The highest BCUT2D eigenvalue weighted by molar-refractivity contribution is 5.43. The number of hydrogen-bond acceptors (Lipinski definition) is 6. The predicted octanol–water partition coefficient (Wildman–Crippen LogP) is 6.98. The molecular formula is C38H44N6. The van der Waals surface area contributed by atoms with Gasteiger partial charge in [-0.05, 0) is 90.8 Å². The fraction of sp³-hybridized carbons (Fsp3) is 0.158. The Morgan fingerprint density at radius 3 is 1.45 bits per heavy atom. The summed E-state index contributed by atoms with van der Waals surface area (Å²) in [5.41, 5.74) is 31.8. The molecule has 1 rings (SSSR count). The molecule has 0 aliphatic heterocycles. The van der Waals surface area contributed by atoms with Crippen LogP contribution in [0.5, 0.6) is 0 Å². The topological polar surface area (TPSA) is 152 Å². The minimum Gasteiger partial charge on any atom is -0.398 e. The van der Waals surface area contributed by atoms with Crippen molar-refractivity contribution in [3.05, 3.63) is 179 Å². The van der Waals surface area contributed by atoms with Crippen molar-refractivity contribution >= 4 is 0 Å². The zero-order valence-electron chi connectivity index (χ0n) is 25.8. The maximum Gasteiger partial charge on any atom is 0.117 e. The summed E-state index contributed by atoms with van der Waals surface area (Å²) in [5.74, 6) is 0. The number of allylic oxidation sites excluding steroid dienone is 16. The first-order valence-corrected chi connectivity index (χ1v) is 14.2. The molecule has 0 fully saturated rings. The first-order chi connectivity index (χ1) is 21.2. The Morgan fingerprint density at radius 2 is 1.09 bits per heavy atom. The van der Waals surface area contributed by atoms with E-state index in [0.717, 1.165) is 28.7 Å². The third-order valence-electron chi connectivity index (χ3n) is 6.32. The van der Waals surface area contributed by atoms with Crippen molar-refractivity contribution < 1.29 is 0 Å². The summed E-state index contributed by atoms with van der Waals surface area (Å²) in [6.07, 6.45) is 30.3. The molecule has 0 aliphatic rings. The first-order valence-electron chi connectivity index (χ1n) is 14.2. The van der Waals surface area contributed by atoms with E-state index >= 15 is 0 Å². The van der Waals surface area contributed by atoms with E-state index in [0.29, 0.717) is 35.5 Å². The summed E-state index contributed by atoms with van der Waals surface area (Å²) in [4.78, 5) is 0. The molecule has 44 heavy (non-hydrogen) atoms. The number of hydrogen-bond donors (Lipinski definition) is 4. The second kappa shape index (κ2) is 21.1. The zero-order valence-corrected chi connectivity index (χ0v) is 25.8. The van der Waals surface area contributed by atoms with Crippen LogP contribution in [0.1, 0.15) is 37.0 Å². The van der Waals surface area contributed by atoms with Crippen LogP contribution in [0.15, 0.2) is 162 Å². The fourth-order valence-electron chi connectivity index (χ4n) is 4.02. The van der Waals surface area contributed by atoms with Gasteiger partial charge in [-0.1, -0.05) is 98.2 Å². The van der Waals surface area contributed by atoms with Crippen LogP contribution < -0.4 is 22.9 Å². The Kier molecular flexibility index (Phi) is 17.4. The summed E-state index contributed by atoms with van der Waals surface area (Å²) in [5, 5.41) is 17.8. The smallest absolute Gasteiger partial charge is 0.117 e. The van der Waals surface area contributed by atoms with Gasteiger partial charge in [0.2, 0.25) is 0 Å². The molecule has 0 radical (unpaired) electrons. The molecule has 0 amide bonds. The Labute approximate surface area is 263 Å². The molecule has 0 spiro atoms. The van der Waals surface area contributed by atoms with E-state index in [-0.39, 0.29) is 12.1 Å². The van der Waals surface area contributed by atoms with Crippen LogP contribution in [0.4, 0.5) is 0 Å². The second-order valence-corrected chi connectivity index (χ2v) is 9.55. The molecule has 6 heteroatoms. The van der Waals surface area contributed by atoms with Gasteiger partial charge in [-0.3, -0.25) is 0 Å². The maximum atomic E-state index is 8.94. The van der Waals surface area contributed by atoms with Crippen LogP contribution in [-0.2, 0) is 19.3 Å². The Bertz CT molecular complexity index is 1550. The van der Waals surface area contributed by atoms with Gasteiger partial charge in [0.1, 0.15) is 11.8 Å². The standard InChI is InChI=1S/C38H44N6/c1-5-32(6-2)36(42)20-12-9-16-29-24-30(17-10-13-21-37(43)33(7-3)19-15-23-39)26-31(25-29)18-11-14-22-38(44)34(8-4)27-35(41)28-40/h5-14,19-22,24-27H,1,3,15-18,41-44H2,2,4H3/b12-9-,13-10-,14-11-,32-6+,33-19+,34-8+,35-27-,36-20-,37-21-,38-22-. The molecule has 0 unspecified atom stereocenters.